The molecule has 2 heterocycles. The van der Waals surface area contributed by atoms with Gasteiger partial charge in [0.05, 0.1) is 5.92 Å². The van der Waals surface area contributed by atoms with Gasteiger partial charge in [-0.2, -0.15) is 0 Å². The van der Waals surface area contributed by atoms with E-state index in [1.807, 2.05) is 87.5 Å². The Morgan fingerprint density at radius 1 is 0.756 bits per heavy atom. The van der Waals surface area contributed by atoms with E-state index in [0.29, 0.717) is 32.6 Å². The number of rotatable bonds is 10. The molecule has 0 unspecified atom stereocenters. The van der Waals surface area contributed by atoms with Gasteiger partial charge in [-0.05, 0) is 56.6 Å². The van der Waals surface area contributed by atoms with Crippen molar-refractivity contribution in [1.82, 2.24) is 9.80 Å². The number of esters is 1. The smallest absolute Gasteiger partial charge is 0.410 e. The van der Waals surface area contributed by atoms with Crippen LogP contribution in [-0.2, 0) is 32.2 Å². The maximum atomic E-state index is 12.5. The summed E-state index contributed by atoms with van der Waals surface area (Å²) < 4.78 is 16.2. The van der Waals surface area contributed by atoms with E-state index in [-0.39, 0.29) is 55.6 Å². The molecule has 2 saturated heterocycles. The van der Waals surface area contributed by atoms with Gasteiger partial charge in [-0.1, -0.05) is 72.8 Å². The van der Waals surface area contributed by atoms with Crippen LogP contribution >= 0.6 is 0 Å². The summed E-state index contributed by atoms with van der Waals surface area (Å²) in [5.74, 6) is -0.199. The number of ether oxygens (including phenoxy) is 3. The van der Waals surface area contributed by atoms with Crippen molar-refractivity contribution in [3.8, 4) is 0 Å². The zero-order valence-electron chi connectivity index (χ0n) is 26.8. The van der Waals surface area contributed by atoms with E-state index in [0.717, 1.165) is 17.5 Å². The molecule has 0 bridgehead atoms. The lowest BCUT2D eigenvalue weighted by molar-refractivity contribution is -0.160. The molecule has 9 heteroatoms. The molecule has 0 radical (unpaired) electrons. The van der Waals surface area contributed by atoms with Crippen LogP contribution < -0.4 is 0 Å². The summed E-state index contributed by atoms with van der Waals surface area (Å²) in [5.41, 5.74) is 1.36. The fourth-order valence-corrected chi connectivity index (χ4v) is 5.51. The van der Waals surface area contributed by atoms with E-state index >= 15 is 0 Å². The monoisotopic (exact) mass is 620 g/mol. The number of aliphatic hydroxyl groups is 1. The van der Waals surface area contributed by atoms with Crippen LogP contribution in [0.4, 0.5) is 9.59 Å². The van der Waals surface area contributed by atoms with Crippen LogP contribution in [-0.4, -0.2) is 71.4 Å². The summed E-state index contributed by atoms with van der Waals surface area (Å²) in [4.78, 5) is 40.1. The molecule has 2 fully saturated rings. The molecule has 0 saturated carbocycles. The van der Waals surface area contributed by atoms with Gasteiger partial charge < -0.3 is 29.1 Å². The second kappa shape index (κ2) is 17.4. The first-order valence-corrected chi connectivity index (χ1v) is 15.5. The van der Waals surface area contributed by atoms with Gasteiger partial charge in [-0.15, -0.1) is 13.2 Å². The fourth-order valence-electron chi connectivity index (χ4n) is 5.51. The van der Waals surface area contributed by atoms with Crippen LogP contribution in [0.3, 0.4) is 0 Å². The maximum Gasteiger partial charge on any atom is 0.410 e. The number of amides is 2. The van der Waals surface area contributed by atoms with E-state index in [9.17, 15) is 19.5 Å². The van der Waals surface area contributed by atoms with Gasteiger partial charge in [0.1, 0.15) is 18.8 Å². The van der Waals surface area contributed by atoms with Crippen LogP contribution in [0.15, 0.2) is 86.0 Å². The zero-order chi connectivity index (χ0) is 32.8. The average Bonchev–Trinajstić information content (AvgIpc) is 3.64. The molecule has 2 aliphatic rings. The summed E-state index contributed by atoms with van der Waals surface area (Å²) in [6.07, 6.45) is 4.38. The number of hydrogen-bond acceptors (Lipinski definition) is 7. The van der Waals surface area contributed by atoms with E-state index in [1.165, 1.54) is 0 Å². The van der Waals surface area contributed by atoms with Gasteiger partial charge in [-0.25, -0.2) is 9.59 Å². The van der Waals surface area contributed by atoms with Gasteiger partial charge in [-0.3, -0.25) is 4.79 Å². The largest absolute Gasteiger partial charge is 0.460 e. The Bertz CT molecular complexity index is 1250. The second-order valence-electron chi connectivity index (χ2n) is 12.5. The first kappa shape index (κ1) is 35.4. The third-order valence-corrected chi connectivity index (χ3v) is 7.83. The Morgan fingerprint density at radius 2 is 1.20 bits per heavy atom. The Balaban J connectivity index is 0.000000251. The number of likely N-dealkylation sites (tertiary alicyclic amines) is 2. The Labute approximate surface area is 267 Å². The molecular weight excluding hydrogens is 572 g/mol. The number of carbonyl (C=O) groups is 3. The van der Waals surface area contributed by atoms with Crippen molar-refractivity contribution >= 4 is 18.2 Å². The van der Waals surface area contributed by atoms with Crippen LogP contribution in [0.1, 0.15) is 44.7 Å². The molecular formula is C36H48N2O7. The highest BCUT2D eigenvalue weighted by Crippen LogP contribution is 2.30. The van der Waals surface area contributed by atoms with Crippen molar-refractivity contribution in [3.05, 3.63) is 97.1 Å². The summed E-state index contributed by atoms with van der Waals surface area (Å²) in [6.45, 7) is 15.6. The highest BCUT2D eigenvalue weighted by Gasteiger charge is 2.41. The Morgan fingerprint density at radius 3 is 1.67 bits per heavy atom. The van der Waals surface area contributed by atoms with Crippen LogP contribution in [0.5, 0.6) is 0 Å². The molecule has 45 heavy (non-hydrogen) atoms. The molecule has 2 amide bonds. The lowest BCUT2D eigenvalue weighted by atomic mass is 9.93. The number of hydrogen-bond donors (Lipinski definition) is 1. The minimum Gasteiger partial charge on any atom is -0.460 e. The molecule has 0 aromatic heterocycles. The predicted octanol–water partition coefficient (Wildman–Crippen LogP) is 6.23. The first-order valence-electron chi connectivity index (χ1n) is 15.5. The maximum absolute atomic E-state index is 12.5. The molecule has 2 aromatic carbocycles. The average molecular weight is 621 g/mol. The second-order valence-corrected chi connectivity index (χ2v) is 12.5. The first-order chi connectivity index (χ1) is 21.5. The van der Waals surface area contributed by atoms with Crippen molar-refractivity contribution in [3.63, 3.8) is 0 Å². The molecule has 2 aromatic rings. The molecule has 9 nitrogen and oxygen atoms in total. The van der Waals surface area contributed by atoms with E-state index in [2.05, 4.69) is 13.2 Å². The molecule has 244 valence electrons. The minimum absolute atomic E-state index is 0.0108. The van der Waals surface area contributed by atoms with Crippen molar-refractivity contribution in [1.29, 1.82) is 0 Å². The highest BCUT2D eigenvalue weighted by molar-refractivity contribution is 5.76. The lowest BCUT2D eigenvalue weighted by Gasteiger charge is -2.24. The summed E-state index contributed by atoms with van der Waals surface area (Å²) in [6, 6.07) is 19.1. The quantitative estimate of drug-likeness (QED) is 0.191. The SMILES string of the molecule is C=CC[C@@H]1CN(C(=O)OCc2ccccc2)C[C@H]1C(=O)OC(C)(C)C.C=CC[C@@H]1CN(C(=O)OCc2ccccc2)C[C@H]1CO. The van der Waals surface area contributed by atoms with Crippen molar-refractivity contribution in [2.75, 3.05) is 32.8 Å². The molecule has 0 aliphatic carbocycles. The van der Waals surface area contributed by atoms with E-state index < -0.39 is 11.7 Å². The van der Waals surface area contributed by atoms with Crippen LogP contribution in [0, 0.1) is 23.7 Å². The van der Waals surface area contributed by atoms with Gasteiger partial charge in [0.15, 0.2) is 0 Å². The fraction of sp³-hybridized carbons (Fsp3) is 0.472. The van der Waals surface area contributed by atoms with Gasteiger partial charge in [0.2, 0.25) is 0 Å². The topological polar surface area (TPSA) is 106 Å². The number of aliphatic hydroxyl groups excluding tert-OH is 1. The third-order valence-electron chi connectivity index (χ3n) is 7.83. The molecule has 1 N–H and O–H groups in total. The van der Waals surface area contributed by atoms with Gasteiger partial charge in [0.25, 0.3) is 0 Å². The molecule has 0 spiro atoms. The summed E-state index contributed by atoms with van der Waals surface area (Å²) >= 11 is 0. The Kier molecular flexibility index (Phi) is 13.7. The van der Waals surface area contributed by atoms with E-state index in [4.69, 9.17) is 14.2 Å². The Hall–Kier alpha value is -4.11. The normalized spacial score (nSPS) is 20.9. The van der Waals surface area contributed by atoms with E-state index in [1.54, 1.807) is 15.9 Å². The van der Waals surface area contributed by atoms with Crippen LogP contribution in [0.25, 0.3) is 0 Å². The summed E-state index contributed by atoms with van der Waals surface area (Å²) in [5, 5.41) is 9.36. The van der Waals surface area contributed by atoms with Crippen molar-refractivity contribution in [2.24, 2.45) is 23.7 Å². The minimum atomic E-state index is -0.545. The van der Waals surface area contributed by atoms with Gasteiger partial charge >= 0.3 is 18.2 Å². The number of nitrogens with zero attached hydrogens (tertiary/aromatic N) is 2. The lowest BCUT2D eigenvalue weighted by Crippen LogP contribution is -2.33. The number of carbonyl (C=O) groups excluding carboxylic acids is 3. The number of benzene rings is 2. The summed E-state index contributed by atoms with van der Waals surface area (Å²) in [7, 11) is 0. The van der Waals surface area contributed by atoms with Gasteiger partial charge in [0, 0.05) is 38.7 Å². The zero-order valence-corrected chi connectivity index (χ0v) is 26.8. The standard InChI is InChI=1S/C20H27NO4.C16H21NO3/c1-5-9-16-12-21(13-17(16)18(22)25-20(2,3)4)19(23)24-14-15-10-7-6-8-11-15;1-2-6-14-9-17(10-15(14)11-18)16(19)20-12-13-7-4-3-5-8-13/h5-8,10-11,16-17H,1,9,12-14H2,2-4H3;2-5,7-8,14-15,18H,1,6,9-12H2/t16-,17-;14-,15+/m11/s1. The van der Waals surface area contributed by atoms with Crippen molar-refractivity contribution < 1.29 is 33.7 Å². The molecule has 4 atom stereocenters. The third kappa shape index (κ3) is 11.4. The molecule has 2 aliphatic heterocycles. The highest BCUT2D eigenvalue weighted by atomic mass is 16.6. The van der Waals surface area contributed by atoms with Crippen LogP contribution in [0.2, 0.25) is 0 Å². The van der Waals surface area contributed by atoms with Crippen molar-refractivity contribution in [2.45, 2.75) is 52.4 Å². The molecule has 4 rings (SSSR count). The number of allylic oxidation sites excluding steroid dienone is 2. The predicted molar refractivity (Wildman–Crippen MR) is 173 cm³/mol.